The molecule has 19 heavy (non-hydrogen) atoms. The van der Waals surface area contributed by atoms with E-state index in [2.05, 4.69) is 26.1 Å². The summed E-state index contributed by atoms with van der Waals surface area (Å²) in [6, 6.07) is 0.554. The van der Waals surface area contributed by atoms with Crippen molar-refractivity contribution >= 4 is 0 Å². The Hall–Kier alpha value is -0.120. The van der Waals surface area contributed by atoms with Crippen molar-refractivity contribution in [3.8, 4) is 0 Å². The van der Waals surface area contributed by atoms with Gasteiger partial charge in [0.2, 0.25) is 0 Å². The molecule has 0 aromatic carbocycles. The van der Waals surface area contributed by atoms with E-state index in [4.69, 9.17) is 4.74 Å². The highest BCUT2D eigenvalue weighted by Gasteiger charge is 2.51. The Morgan fingerprint density at radius 1 is 1.26 bits per heavy atom. The average molecular weight is 269 g/mol. The first-order chi connectivity index (χ1) is 9.10. The summed E-state index contributed by atoms with van der Waals surface area (Å²) in [6.07, 6.45) is 7.61. The van der Waals surface area contributed by atoms with E-state index in [9.17, 15) is 5.11 Å². The zero-order chi connectivity index (χ0) is 13.9. The monoisotopic (exact) mass is 269 g/mol. The molecule has 3 heteroatoms. The molecular formula is C16H31NO2. The Morgan fingerprint density at radius 3 is 2.47 bits per heavy atom. The molecule has 0 aromatic heterocycles. The van der Waals surface area contributed by atoms with E-state index in [1.54, 1.807) is 0 Å². The fourth-order valence-electron chi connectivity index (χ4n) is 3.92. The van der Waals surface area contributed by atoms with Crippen LogP contribution in [0.5, 0.6) is 0 Å². The minimum absolute atomic E-state index is 0.158. The van der Waals surface area contributed by atoms with Gasteiger partial charge in [-0.15, -0.1) is 0 Å². The Balaban J connectivity index is 1.86. The molecule has 0 aliphatic heterocycles. The lowest BCUT2D eigenvalue weighted by Gasteiger charge is -2.54. The highest BCUT2D eigenvalue weighted by molar-refractivity contribution is 5.05. The lowest BCUT2D eigenvalue weighted by atomic mass is 9.61. The van der Waals surface area contributed by atoms with Gasteiger partial charge in [0.1, 0.15) is 0 Å². The maximum Gasteiger partial charge on any atom is 0.0658 e. The third-order valence-corrected chi connectivity index (χ3v) is 5.83. The maximum absolute atomic E-state index is 9.68. The van der Waals surface area contributed by atoms with E-state index in [-0.39, 0.29) is 10.8 Å². The van der Waals surface area contributed by atoms with Crippen molar-refractivity contribution in [3.05, 3.63) is 0 Å². The second kappa shape index (κ2) is 6.11. The molecule has 2 rings (SSSR count). The molecule has 2 fully saturated rings. The number of hydrogen-bond donors (Lipinski definition) is 2. The normalized spacial score (nSPS) is 37.3. The zero-order valence-electron chi connectivity index (χ0n) is 12.9. The lowest BCUT2D eigenvalue weighted by Crippen LogP contribution is -2.63. The van der Waals surface area contributed by atoms with Gasteiger partial charge in [0.15, 0.2) is 0 Å². The van der Waals surface area contributed by atoms with Gasteiger partial charge in [-0.05, 0) is 32.6 Å². The maximum atomic E-state index is 9.68. The molecule has 3 atom stereocenters. The summed E-state index contributed by atoms with van der Waals surface area (Å²) >= 11 is 0. The Kier molecular flexibility index (Phi) is 4.91. The van der Waals surface area contributed by atoms with E-state index < -0.39 is 0 Å². The molecule has 0 radical (unpaired) electrons. The second-order valence-electron chi connectivity index (χ2n) is 6.84. The topological polar surface area (TPSA) is 41.5 Å². The molecule has 3 unspecified atom stereocenters. The Labute approximate surface area is 118 Å². The first kappa shape index (κ1) is 15.3. The Bertz CT molecular complexity index is 288. The molecule has 0 saturated heterocycles. The SMILES string of the molecule is CCOC1CC(NCC2(CO)CCCC2)C1(C)CC. The third kappa shape index (κ3) is 2.84. The molecule has 2 aliphatic carbocycles. The molecule has 0 bridgehead atoms. The molecule has 0 heterocycles. The predicted molar refractivity (Wildman–Crippen MR) is 78.2 cm³/mol. The van der Waals surface area contributed by atoms with Gasteiger partial charge in [-0.2, -0.15) is 0 Å². The molecule has 0 amide bonds. The minimum Gasteiger partial charge on any atom is -0.396 e. The van der Waals surface area contributed by atoms with Crippen LogP contribution in [0.15, 0.2) is 0 Å². The number of rotatable bonds is 7. The van der Waals surface area contributed by atoms with E-state index in [1.165, 1.54) is 25.7 Å². The van der Waals surface area contributed by atoms with Gasteiger partial charge in [0, 0.05) is 36.6 Å². The standard InChI is InChI=1S/C16H31NO2/c1-4-15(3)13(10-14(15)19-5-2)17-11-16(12-18)8-6-7-9-16/h13-14,17-18H,4-12H2,1-3H3. The average Bonchev–Trinajstić information content (AvgIpc) is 2.90. The van der Waals surface area contributed by atoms with Crippen LogP contribution in [0.2, 0.25) is 0 Å². The lowest BCUT2D eigenvalue weighted by molar-refractivity contribution is -0.127. The number of aliphatic hydroxyl groups excluding tert-OH is 1. The highest BCUT2D eigenvalue weighted by Crippen LogP contribution is 2.46. The second-order valence-corrected chi connectivity index (χ2v) is 6.84. The van der Waals surface area contributed by atoms with Gasteiger partial charge < -0.3 is 15.2 Å². The van der Waals surface area contributed by atoms with E-state index >= 15 is 0 Å². The number of ether oxygens (including phenoxy) is 1. The van der Waals surface area contributed by atoms with Crippen LogP contribution >= 0.6 is 0 Å². The van der Waals surface area contributed by atoms with Crippen LogP contribution in [0.3, 0.4) is 0 Å². The van der Waals surface area contributed by atoms with Gasteiger partial charge in [0.25, 0.3) is 0 Å². The summed E-state index contributed by atoms with van der Waals surface area (Å²) in [5.74, 6) is 0. The Morgan fingerprint density at radius 2 is 1.95 bits per heavy atom. The molecule has 112 valence electrons. The van der Waals surface area contributed by atoms with Gasteiger partial charge >= 0.3 is 0 Å². The van der Waals surface area contributed by atoms with Gasteiger partial charge in [-0.3, -0.25) is 0 Å². The first-order valence-electron chi connectivity index (χ1n) is 8.06. The van der Waals surface area contributed by atoms with Crippen molar-refractivity contribution in [1.82, 2.24) is 5.32 Å². The van der Waals surface area contributed by atoms with Crippen LogP contribution < -0.4 is 5.32 Å². The van der Waals surface area contributed by atoms with Gasteiger partial charge in [-0.25, -0.2) is 0 Å². The molecule has 0 aromatic rings. The number of nitrogens with one attached hydrogen (secondary N) is 1. The third-order valence-electron chi connectivity index (χ3n) is 5.83. The summed E-state index contributed by atoms with van der Waals surface area (Å²) in [4.78, 5) is 0. The molecule has 2 aliphatic rings. The zero-order valence-corrected chi connectivity index (χ0v) is 12.9. The fraction of sp³-hybridized carbons (Fsp3) is 1.00. The number of aliphatic hydroxyl groups is 1. The summed E-state index contributed by atoms with van der Waals surface area (Å²) in [5, 5.41) is 13.4. The molecule has 3 nitrogen and oxygen atoms in total. The smallest absolute Gasteiger partial charge is 0.0658 e. The van der Waals surface area contributed by atoms with Gasteiger partial charge in [0.05, 0.1) is 6.10 Å². The van der Waals surface area contributed by atoms with Crippen molar-refractivity contribution in [2.24, 2.45) is 10.8 Å². The molecule has 2 saturated carbocycles. The van der Waals surface area contributed by atoms with Crippen molar-refractivity contribution in [2.45, 2.75) is 71.4 Å². The van der Waals surface area contributed by atoms with Crippen LogP contribution in [-0.4, -0.2) is 37.0 Å². The van der Waals surface area contributed by atoms with E-state index in [1.807, 2.05) is 0 Å². The van der Waals surface area contributed by atoms with Gasteiger partial charge in [-0.1, -0.05) is 26.7 Å². The number of hydrogen-bond acceptors (Lipinski definition) is 3. The van der Waals surface area contributed by atoms with Crippen molar-refractivity contribution in [3.63, 3.8) is 0 Å². The molecular weight excluding hydrogens is 238 g/mol. The van der Waals surface area contributed by atoms with Crippen LogP contribution in [0.1, 0.15) is 59.3 Å². The van der Waals surface area contributed by atoms with Crippen LogP contribution in [0, 0.1) is 10.8 Å². The van der Waals surface area contributed by atoms with Crippen LogP contribution in [0.4, 0.5) is 0 Å². The van der Waals surface area contributed by atoms with Crippen molar-refractivity contribution in [1.29, 1.82) is 0 Å². The quantitative estimate of drug-likeness (QED) is 0.746. The summed E-state index contributed by atoms with van der Waals surface area (Å²) in [7, 11) is 0. The minimum atomic E-state index is 0.158. The highest BCUT2D eigenvalue weighted by atomic mass is 16.5. The van der Waals surface area contributed by atoms with Crippen molar-refractivity contribution < 1.29 is 9.84 Å². The van der Waals surface area contributed by atoms with Crippen LogP contribution in [-0.2, 0) is 4.74 Å². The van der Waals surface area contributed by atoms with E-state index in [0.29, 0.717) is 18.8 Å². The largest absolute Gasteiger partial charge is 0.396 e. The molecule has 2 N–H and O–H groups in total. The fourth-order valence-corrected chi connectivity index (χ4v) is 3.92. The summed E-state index contributed by atoms with van der Waals surface area (Å²) < 4.78 is 5.85. The first-order valence-corrected chi connectivity index (χ1v) is 8.06. The summed E-state index contributed by atoms with van der Waals surface area (Å²) in [6.45, 7) is 8.81. The van der Waals surface area contributed by atoms with Crippen molar-refractivity contribution in [2.75, 3.05) is 19.8 Å². The van der Waals surface area contributed by atoms with Crippen LogP contribution in [0.25, 0.3) is 0 Å². The molecule has 0 spiro atoms. The predicted octanol–water partition coefficient (Wildman–Crippen LogP) is 2.72. The summed E-state index contributed by atoms with van der Waals surface area (Å²) in [5.41, 5.74) is 0.427. The van der Waals surface area contributed by atoms with E-state index in [0.717, 1.165) is 26.0 Å².